The maximum atomic E-state index is 12.0. The fourth-order valence-electron chi connectivity index (χ4n) is 2.41. The molecule has 0 aromatic rings. The number of halogens is 1. The lowest BCUT2D eigenvalue weighted by Gasteiger charge is -2.37. The first-order valence-corrected chi connectivity index (χ1v) is 8.79. The zero-order valence-corrected chi connectivity index (χ0v) is 15.0. The number of amides is 1. The van der Waals surface area contributed by atoms with Crippen LogP contribution in [0.3, 0.4) is 0 Å². The maximum absolute atomic E-state index is 12.0. The first-order chi connectivity index (χ1) is 9.56. The molecule has 0 radical (unpaired) electrons. The molecule has 2 atom stereocenters. The number of nitrogens with zero attached hydrogens (tertiary/aromatic N) is 1. The molecule has 0 aromatic heterocycles. The smallest absolute Gasteiger partial charge is 0.237 e. The molecular formula is C14H30ClN3O2S. The van der Waals surface area contributed by atoms with Crippen LogP contribution in [-0.2, 0) is 9.53 Å². The average Bonchev–Trinajstić information content (AvgIpc) is 2.45. The summed E-state index contributed by atoms with van der Waals surface area (Å²) in [6, 6.07) is -0.0319. The van der Waals surface area contributed by atoms with Crippen molar-refractivity contribution in [3.8, 4) is 0 Å². The highest BCUT2D eigenvalue weighted by Crippen LogP contribution is 2.12. The zero-order valence-electron chi connectivity index (χ0n) is 13.3. The molecule has 0 aromatic carbocycles. The summed E-state index contributed by atoms with van der Waals surface area (Å²) in [5.74, 6) is 1.39. The Morgan fingerprint density at radius 2 is 2.00 bits per heavy atom. The minimum atomic E-state index is -0.389. The summed E-state index contributed by atoms with van der Waals surface area (Å²) in [4.78, 5) is 14.4. The summed E-state index contributed by atoms with van der Waals surface area (Å²) < 4.78 is 5.39. The fourth-order valence-corrected chi connectivity index (χ4v) is 2.90. The van der Waals surface area contributed by atoms with Crippen LogP contribution in [-0.4, -0.2) is 67.7 Å². The summed E-state index contributed by atoms with van der Waals surface area (Å²) in [5.41, 5.74) is 5.89. The Labute approximate surface area is 139 Å². The van der Waals surface area contributed by atoms with E-state index in [1.165, 1.54) is 0 Å². The standard InChI is InChI=1S/C14H29N3O2S.ClH/c1-11(2)13(17-5-7-19-8-6-17)10-16-14(18)12(15)4-9-20-3;/h11-13H,4-10,15H2,1-3H3,(H,16,18);1H. The summed E-state index contributed by atoms with van der Waals surface area (Å²) in [7, 11) is 0. The Morgan fingerprint density at radius 1 is 1.38 bits per heavy atom. The monoisotopic (exact) mass is 339 g/mol. The van der Waals surface area contributed by atoms with Crippen molar-refractivity contribution in [1.82, 2.24) is 10.2 Å². The molecule has 0 saturated carbocycles. The van der Waals surface area contributed by atoms with E-state index >= 15 is 0 Å². The van der Waals surface area contributed by atoms with Gasteiger partial charge in [0.05, 0.1) is 19.3 Å². The molecule has 7 heteroatoms. The Bertz CT molecular complexity index is 289. The molecule has 0 spiro atoms. The van der Waals surface area contributed by atoms with E-state index in [9.17, 15) is 4.79 Å². The summed E-state index contributed by atoms with van der Waals surface area (Å²) in [6.07, 6.45) is 2.76. The van der Waals surface area contributed by atoms with Crippen LogP contribution < -0.4 is 11.1 Å². The van der Waals surface area contributed by atoms with Crippen LogP contribution in [0.4, 0.5) is 0 Å². The van der Waals surface area contributed by atoms with E-state index in [4.69, 9.17) is 10.5 Å². The molecule has 0 bridgehead atoms. The third kappa shape index (κ3) is 7.70. The van der Waals surface area contributed by atoms with Crippen molar-refractivity contribution >= 4 is 30.1 Å². The zero-order chi connectivity index (χ0) is 15.0. The molecular weight excluding hydrogens is 310 g/mol. The molecule has 0 aliphatic carbocycles. The topological polar surface area (TPSA) is 67.6 Å². The minimum absolute atomic E-state index is 0. The Hall–Kier alpha value is -0.0100. The summed E-state index contributed by atoms with van der Waals surface area (Å²) in [5, 5.41) is 3.01. The molecule has 1 amide bonds. The van der Waals surface area contributed by atoms with Gasteiger partial charge in [-0.2, -0.15) is 11.8 Å². The molecule has 1 aliphatic heterocycles. The van der Waals surface area contributed by atoms with Crippen molar-refractivity contribution in [3.63, 3.8) is 0 Å². The lowest BCUT2D eigenvalue weighted by atomic mass is 10.0. The van der Waals surface area contributed by atoms with Crippen molar-refractivity contribution in [2.75, 3.05) is 44.9 Å². The molecule has 21 heavy (non-hydrogen) atoms. The predicted molar refractivity (Wildman–Crippen MR) is 92.3 cm³/mol. The van der Waals surface area contributed by atoms with Crippen molar-refractivity contribution in [2.24, 2.45) is 11.7 Å². The molecule has 2 unspecified atom stereocenters. The van der Waals surface area contributed by atoms with Crippen molar-refractivity contribution in [2.45, 2.75) is 32.4 Å². The lowest BCUT2D eigenvalue weighted by Crippen LogP contribution is -2.53. The molecule has 5 nitrogen and oxygen atoms in total. The first-order valence-electron chi connectivity index (χ1n) is 7.40. The van der Waals surface area contributed by atoms with Crippen LogP contribution in [0.15, 0.2) is 0 Å². The van der Waals surface area contributed by atoms with Gasteiger partial charge in [-0.1, -0.05) is 13.8 Å². The third-order valence-electron chi connectivity index (χ3n) is 3.74. The van der Waals surface area contributed by atoms with Gasteiger partial charge in [-0.15, -0.1) is 12.4 Å². The van der Waals surface area contributed by atoms with E-state index in [-0.39, 0.29) is 24.4 Å². The van der Waals surface area contributed by atoms with Gasteiger partial charge in [-0.05, 0) is 24.3 Å². The largest absolute Gasteiger partial charge is 0.379 e. The van der Waals surface area contributed by atoms with Gasteiger partial charge in [0.25, 0.3) is 0 Å². The van der Waals surface area contributed by atoms with E-state index in [0.717, 1.165) is 38.5 Å². The van der Waals surface area contributed by atoms with Crippen LogP contribution in [0.25, 0.3) is 0 Å². The number of ether oxygens (including phenoxy) is 1. The number of thioether (sulfide) groups is 1. The SMILES string of the molecule is CSCCC(N)C(=O)NCC(C(C)C)N1CCOCC1.Cl. The molecule has 3 N–H and O–H groups in total. The Balaban J connectivity index is 0.00000400. The summed E-state index contributed by atoms with van der Waals surface area (Å²) in [6.45, 7) is 8.51. The van der Waals surface area contributed by atoms with Gasteiger partial charge >= 0.3 is 0 Å². The molecule has 1 fully saturated rings. The second-order valence-electron chi connectivity index (χ2n) is 5.59. The van der Waals surface area contributed by atoms with Gasteiger partial charge in [0.1, 0.15) is 0 Å². The van der Waals surface area contributed by atoms with Crippen LogP contribution in [0.1, 0.15) is 20.3 Å². The fraction of sp³-hybridized carbons (Fsp3) is 0.929. The highest BCUT2D eigenvalue weighted by molar-refractivity contribution is 7.98. The number of carbonyl (C=O) groups excluding carboxylic acids is 1. The molecule has 1 heterocycles. The number of carbonyl (C=O) groups is 1. The Morgan fingerprint density at radius 3 is 2.52 bits per heavy atom. The van der Waals surface area contributed by atoms with Gasteiger partial charge in [0.15, 0.2) is 0 Å². The molecule has 1 rings (SSSR count). The van der Waals surface area contributed by atoms with E-state index < -0.39 is 0 Å². The van der Waals surface area contributed by atoms with Crippen LogP contribution in [0.5, 0.6) is 0 Å². The number of nitrogens with one attached hydrogen (secondary N) is 1. The number of hydrogen-bond acceptors (Lipinski definition) is 5. The van der Waals surface area contributed by atoms with E-state index in [1.54, 1.807) is 11.8 Å². The second kappa shape index (κ2) is 11.5. The van der Waals surface area contributed by atoms with Crippen LogP contribution in [0.2, 0.25) is 0 Å². The van der Waals surface area contributed by atoms with Gasteiger partial charge in [0, 0.05) is 25.7 Å². The highest BCUT2D eigenvalue weighted by atomic mass is 35.5. The van der Waals surface area contributed by atoms with Crippen LogP contribution in [0, 0.1) is 5.92 Å². The minimum Gasteiger partial charge on any atom is -0.379 e. The molecule has 1 aliphatic rings. The van der Waals surface area contributed by atoms with Crippen LogP contribution >= 0.6 is 24.2 Å². The number of hydrogen-bond donors (Lipinski definition) is 2. The van der Waals surface area contributed by atoms with E-state index in [0.29, 0.717) is 18.5 Å². The van der Waals surface area contributed by atoms with Crippen molar-refractivity contribution in [3.05, 3.63) is 0 Å². The van der Waals surface area contributed by atoms with Crippen molar-refractivity contribution < 1.29 is 9.53 Å². The second-order valence-corrected chi connectivity index (χ2v) is 6.58. The average molecular weight is 340 g/mol. The number of rotatable bonds is 8. The molecule has 126 valence electrons. The lowest BCUT2D eigenvalue weighted by molar-refractivity contribution is -0.122. The van der Waals surface area contributed by atoms with E-state index in [1.807, 2.05) is 6.26 Å². The number of morpholine rings is 1. The number of nitrogens with two attached hydrogens (primary N) is 1. The Kier molecular flexibility index (Phi) is 11.5. The highest BCUT2D eigenvalue weighted by Gasteiger charge is 2.24. The third-order valence-corrected chi connectivity index (χ3v) is 4.38. The van der Waals surface area contributed by atoms with Gasteiger partial charge in [-0.3, -0.25) is 9.69 Å². The van der Waals surface area contributed by atoms with Gasteiger partial charge in [0.2, 0.25) is 5.91 Å². The normalized spacial score (nSPS) is 18.9. The van der Waals surface area contributed by atoms with Crippen molar-refractivity contribution in [1.29, 1.82) is 0 Å². The molecule has 1 saturated heterocycles. The summed E-state index contributed by atoms with van der Waals surface area (Å²) >= 11 is 1.72. The maximum Gasteiger partial charge on any atom is 0.237 e. The van der Waals surface area contributed by atoms with Gasteiger partial charge in [-0.25, -0.2) is 0 Å². The predicted octanol–water partition coefficient (Wildman–Crippen LogP) is 0.962. The van der Waals surface area contributed by atoms with E-state index in [2.05, 4.69) is 24.1 Å². The first kappa shape index (κ1) is 21.0. The quantitative estimate of drug-likeness (QED) is 0.689. The van der Waals surface area contributed by atoms with Gasteiger partial charge < -0.3 is 15.8 Å².